The number of nitrogens with zero attached hydrogens (tertiary/aromatic N) is 1. The van der Waals surface area contributed by atoms with Gasteiger partial charge in [0.2, 0.25) is 5.75 Å². The van der Waals surface area contributed by atoms with Crippen LogP contribution in [0.3, 0.4) is 0 Å². The lowest BCUT2D eigenvalue weighted by Crippen LogP contribution is -2.11. The van der Waals surface area contributed by atoms with E-state index in [0.717, 1.165) is 0 Å². The first-order valence-electron chi connectivity index (χ1n) is 5.64. The van der Waals surface area contributed by atoms with E-state index in [2.05, 4.69) is 0 Å². The van der Waals surface area contributed by atoms with Crippen molar-refractivity contribution in [3.63, 3.8) is 0 Å². The second-order valence-corrected chi connectivity index (χ2v) is 4.87. The molecule has 0 spiro atoms. The Kier molecular flexibility index (Phi) is 4.30. The second-order valence-electron chi connectivity index (χ2n) is 4.03. The minimum atomic E-state index is -0.591. The van der Waals surface area contributed by atoms with E-state index in [-0.39, 0.29) is 33.1 Å². The van der Waals surface area contributed by atoms with Gasteiger partial charge in [-0.05, 0) is 24.3 Å². The van der Waals surface area contributed by atoms with E-state index in [4.69, 9.17) is 39.1 Å². The highest BCUT2D eigenvalue weighted by Gasteiger charge is 2.17. The van der Waals surface area contributed by atoms with Gasteiger partial charge in [0.25, 0.3) is 0 Å². The number of halogens is 2. The number of ether oxygens (including phenoxy) is 1. The second kappa shape index (κ2) is 5.99. The molecule has 0 radical (unpaired) electrons. The number of nitrogens with two attached hydrogens (primary N) is 1. The van der Waals surface area contributed by atoms with E-state index >= 15 is 0 Å². The Morgan fingerprint density at radius 3 is 2.52 bits per heavy atom. The molecule has 0 bridgehead atoms. The van der Waals surface area contributed by atoms with Crippen molar-refractivity contribution in [1.29, 1.82) is 5.41 Å². The molecule has 3 N–H and O–H groups in total. The van der Waals surface area contributed by atoms with Gasteiger partial charge in [-0.25, -0.2) is 0 Å². The Balaban J connectivity index is 2.37. The average molecular weight is 326 g/mol. The van der Waals surface area contributed by atoms with Crippen molar-refractivity contribution in [2.75, 3.05) is 0 Å². The monoisotopic (exact) mass is 325 g/mol. The Morgan fingerprint density at radius 1 is 1.24 bits per heavy atom. The number of nitrogen functional groups attached to an aromatic ring is 1. The summed E-state index contributed by atoms with van der Waals surface area (Å²) in [7, 11) is 0. The quantitative estimate of drug-likeness (QED) is 0.384. The number of hydrogen-bond acceptors (Lipinski definition) is 4. The summed E-state index contributed by atoms with van der Waals surface area (Å²) in [6.07, 6.45) is 0. The summed E-state index contributed by atoms with van der Waals surface area (Å²) < 4.78 is 5.45. The minimum absolute atomic E-state index is 0.0380. The van der Waals surface area contributed by atoms with Gasteiger partial charge in [0.05, 0.1) is 9.95 Å². The van der Waals surface area contributed by atoms with Crippen molar-refractivity contribution < 1.29 is 9.66 Å². The third-order valence-electron chi connectivity index (χ3n) is 2.58. The van der Waals surface area contributed by atoms with Crippen molar-refractivity contribution in [2.24, 2.45) is 5.73 Å². The van der Waals surface area contributed by atoms with Crippen molar-refractivity contribution in [2.45, 2.75) is 0 Å². The Hall–Kier alpha value is -2.31. The summed E-state index contributed by atoms with van der Waals surface area (Å²) in [4.78, 5) is 10.4. The Labute approximate surface area is 129 Å². The van der Waals surface area contributed by atoms with Gasteiger partial charge in [-0.15, -0.1) is 0 Å². The number of rotatable bonds is 4. The smallest absolute Gasteiger partial charge is 0.313 e. The molecule has 0 heterocycles. The number of nitrogens with one attached hydrogen (secondary N) is 1. The van der Waals surface area contributed by atoms with Crippen LogP contribution < -0.4 is 10.5 Å². The zero-order valence-electron chi connectivity index (χ0n) is 10.5. The van der Waals surface area contributed by atoms with Crippen LogP contribution in [-0.4, -0.2) is 10.8 Å². The topological polar surface area (TPSA) is 102 Å². The third kappa shape index (κ3) is 3.42. The number of nitro groups is 1. The van der Waals surface area contributed by atoms with E-state index in [1.54, 1.807) is 0 Å². The summed E-state index contributed by atoms with van der Waals surface area (Å²) in [6.45, 7) is 0. The lowest BCUT2D eigenvalue weighted by Gasteiger charge is -2.08. The molecule has 6 nitrogen and oxygen atoms in total. The maximum absolute atomic E-state index is 11.0. The molecular formula is C13H9Cl2N3O3. The van der Waals surface area contributed by atoms with Gasteiger partial charge in [-0.2, -0.15) is 0 Å². The highest BCUT2D eigenvalue weighted by Crippen LogP contribution is 2.34. The molecule has 8 heteroatoms. The molecule has 0 aliphatic carbocycles. The molecule has 108 valence electrons. The van der Waals surface area contributed by atoms with Crippen LogP contribution in [0.2, 0.25) is 10.0 Å². The fraction of sp³-hybridized carbons (Fsp3) is 0. The Morgan fingerprint density at radius 2 is 1.95 bits per heavy atom. The van der Waals surface area contributed by atoms with Crippen LogP contribution in [0.25, 0.3) is 0 Å². The lowest BCUT2D eigenvalue weighted by molar-refractivity contribution is -0.385. The average Bonchev–Trinajstić information content (AvgIpc) is 2.40. The largest absolute Gasteiger partial charge is 0.450 e. The van der Waals surface area contributed by atoms with Gasteiger partial charge >= 0.3 is 5.69 Å². The minimum Gasteiger partial charge on any atom is -0.450 e. The first kappa shape index (κ1) is 15.1. The lowest BCUT2D eigenvalue weighted by atomic mass is 10.2. The predicted molar refractivity (Wildman–Crippen MR) is 80.6 cm³/mol. The number of nitro benzene ring substituents is 1. The van der Waals surface area contributed by atoms with Gasteiger partial charge in [0, 0.05) is 22.7 Å². The summed E-state index contributed by atoms with van der Waals surface area (Å²) in [5.41, 5.74) is 5.45. The van der Waals surface area contributed by atoms with Gasteiger partial charge in [-0.3, -0.25) is 15.5 Å². The zero-order valence-corrected chi connectivity index (χ0v) is 12.0. The van der Waals surface area contributed by atoms with E-state index in [1.807, 2.05) is 0 Å². The highest BCUT2D eigenvalue weighted by atomic mass is 35.5. The molecule has 0 amide bonds. The zero-order chi connectivity index (χ0) is 15.6. The van der Waals surface area contributed by atoms with Crippen molar-refractivity contribution in [1.82, 2.24) is 0 Å². The maximum Gasteiger partial charge on any atom is 0.313 e. The molecular weight excluding hydrogens is 317 g/mol. The number of hydrogen-bond donors (Lipinski definition) is 2. The standard InChI is InChI=1S/C13H9Cl2N3O3/c14-7-1-4-12(11(5-7)18(19)20)21-8-2-3-9(13(16)17)10(15)6-8/h1-6H,(H3,16,17). The first-order valence-corrected chi connectivity index (χ1v) is 6.40. The van der Waals surface area contributed by atoms with Crippen LogP contribution in [0, 0.1) is 15.5 Å². The highest BCUT2D eigenvalue weighted by molar-refractivity contribution is 6.34. The molecule has 0 saturated heterocycles. The summed E-state index contributed by atoms with van der Waals surface area (Å²) in [5, 5.41) is 18.8. The van der Waals surface area contributed by atoms with Crippen LogP contribution in [0.1, 0.15) is 5.56 Å². The van der Waals surface area contributed by atoms with Gasteiger partial charge in [-0.1, -0.05) is 23.2 Å². The third-order valence-corrected chi connectivity index (χ3v) is 3.12. The van der Waals surface area contributed by atoms with Crippen molar-refractivity contribution >= 4 is 34.7 Å². The molecule has 0 atom stereocenters. The summed E-state index contributed by atoms with van der Waals surface area (Å²) in [5.74, 6) is 0.149. The molecule has 2 aromatic rings. The molecule has 0 fully saturated rings. The molecule has 0 aromatic heterocycles. The van der Waals surface area contributed by atoms with E-state index < -0.39 is 4.92 Å². The van der Waals surface area contributed by atoms with Crippen molar-refractivity contribution in [3.8, 4) is 11.5 Å². The van der Waals surface area contributed by atoms with Gasteiger partial charge < -0.3 is 10.5 Å². The normalized spacial score (nSPS) is 10.2. The first-order chi connectivity index (χ1) is 9.88. The molecule has 2 aromatic carbocycles. The van der Waals surface area contributed by atoms with Crippen LogP contribution in [-0.2, 0) is 0 Å². The molecule has 0 aliphatic rings. The molecule has 0 saturated carbocycles. The van der Waals surface area contributed by atoms with E-state index in [0.29, 0.717) is 5.56 Å². The van der Waals surface area contributed by atoms with Crippen LogP contribution >= 0.6 is 23.2 Å². The fourth-order valence-corrected chi connectivity index (χ4v) is 2.06. The maximum atomic E-state index is 11.0. The number of benzene rings is 2. The Bertz CT molecular complexity index is 735. The SMILES string of the molecule is N=C(N)c1ccc(Oc2ccc(Cl)cc2[N+](=O)[O-])cc1Cl. The van der Waals surface area contributed by atoms with Crippen LogP contribution in [0.5, 0.6) is 11.5 Å². The van der Waals surface area contributed by atoms with Crippen LogP contribution in [0.15, 0.2) is 36.4 Å². The van der Waals surface area contributed by atoms with Crippen LogP contribution in [0.4, 0.5) is 5.69 Å². The molecule has 0 aliphatic heterocycles. The molecule has 0 unspecified atom stereocenters. The summed E-state index contributed by atoms with van der Waals surface area (Å²) in [6, 6.07) is 8.52. The fourth-order valence-electron chi connectivity index (χ4n) is 1.62. The predicted octanol–water partition coefficient (Wildman–Crippen LogP) is 3.98. The van der Waals surface area contributed by atoms with Crippen molar-refractivity contribution in [3.05, 3.63) is 62.1 Å². The van der Waals surface area contributed by atoms with E-state index in [1.165, 1.54) is 36.4 Å². The summed E-state index contributed by atoms with van der Waals surface area (Å²) >= 11 is 11.7. The van der Waals surface area contributed by atoms with Gasteiger partial charge in [0.1, 0.15) is 11.6 Å². The van der Waals surface area contributed by atoms with E-state index in [9.17, 15) is 10.1 Å². The number of amidine groups is 1. The van der Waals surface area contributed by atoms with Gasteiger partial charge in [0.15, 0.2) is 0 Å². The molecule has 21 heavy (non-hydrogen) atoms. The molecule has 2 rings (SSSR count).